The highest BCUT2D eigenvalue weighted by Crippen LogP contribution is 2.27. The van der Waals surface area contributed by atoms with Crippen molar-refractivity contribution in [1.29, 1.82) is 0 Å². The zero-order chi connectivity index (χ0) is 15.4. The molecular formula is C19H30N2. The number of rotatable bonds is 7. The molecule has 0 bridgehead atoms. The Morgan fingerprint density at radius 3 is 2.62 bits per heavy atom. The Morgan fingerprint density at radius 1 is 1.19 bits per heavy atom. The Labute approximate surface area is 129 Å². The van der Waals surface area contributed by atoms with E-state index in [-0.39, 0.29) is 0 Å². The highest BCUT2D eigenvalue weighted by molar-refractivity contribution is 5.86. The molecule has 0 aliphatic rings. The molecule has 2 nitrogen and oxygen atoms in total. The minimum Gasteiger partial charge on any atom is -0.345 e. The molecule has 0 saturated carbocycles. The Bertz CT molecular complexity index is 593. The SMILES string of the molecule is CCNCc1ccc2c(c1)c(C)c(C)n2CCCC(C)C. The summed E-state index contributed by atoms with van der Waals surface area (Å²) in [7, 11) is 0. The molecular weight excluding hydrogens is 256 g/mol. The zero-order valence-corrected chi connectivity index (χ0v) is 14.3. The summed E-state index contributed by atoms with van der Waals surface area (Å²) in [6, 6.07) is 6.93. The van der Waals surface area contributed by atoms with Gasteiger partial charge in [-0.05, 0) is 62.4 Å². The van der Waals surface area contributed by atoms with E-state index < -0.39 is 0 Å². The fourth-order valence-electron chi connectivity index (χ4n) is 3.02. The number of aromatic nitrogens is 1. The van der Waals surface area contributed by atoms with Gasteiger partial charge < -0.3 is 9.88 Å². The lowest BCUT2D eigenvalue weighted by Crippen LogP contribution is -2.11. The van der Waals surface area contributed by atoms with E-state index in [2.05, 4.69) is 62.7 Å². The van der Waals surface area contributed by atoms with Gasteiger partial charge in [-0.3, -0.25) is 0 Å². The van der Waals surface area contributed by atoms with Crippen molar-refractivity contribution in [3.8, 4) is 0 Å². The van der Waals surface area contributed by atoms with Crippen LogP contribution in [0.4, 0.5) is 0 Å². The molecule has 21 heavy (non-hydrogen) atoms. The van der Waals surface area contributed by atoms with E-state index >= 15 is 0 Å². The number of hydrogen-bond donors (Lipinski definition) is 1. The highest BCUT2D eigenvalue weighted by Gasteiger charge is 2.11. The minimum absolute atomic E-state index is 0.792. The van der Waals surface area contributed by atoms with Crippen LogP contribution in [0, 0.1) is 19.8 Å². The van der Waals surface area contributed by atoms with Gasteiger partial charge in [0.05, 0.1) is 0 Å². The number of fused-ring (bicyclic) bond motifs is 1. The van der Waals surface area contributed by atoms with Crippen LogP contribution in [0.2, 0.25) is 0 Å². The monoisotopic (exact) mass is 286 g/mol. The third-order valence-corrected chi connectivity index (χ3v) is 4.45. The molecule has 0 radical (unpaired) electrons. The molecule has 0 fully saturated rings. The predicted octanol–water partition coefficient (Wildman–Crippen LogP) is 4.80. The molecule has 2 aromatic rings. The summed E-state index contributed by atoms with van der Waals surface area (Å²) in [4.78, 5) is 0. The van der Waals surface area contributed by atoms with Crippen LogP contribution in [0.5, 0.6) is 0 Å². The second kappa shape index (κ2) is 7.13. The van der Waals surface area contributed by atoms with E-state index in [4.69, 9.17) is 0 Å². The van der Waals surface area contributed by atoms with Crippen molar-refractivity contribution in [3.63, 3.8) is 0 Å². The van der Waals surface area contributed by atoms with Gasteiger partial charge in [-0.2, -0.15) is 0 Å². The number of aryl methyl sites for hydroxylation is 2. The lowest BCUT2D eigenvalue weighted by atomic mass is 10.1. The van der Waals surface area contributed by atoms with Crippen LogP contribution in [0.25, 0.3) is 10.9 Å². The average molecular weight is 286 g/mol. The molecule has 0 saturated heterocycles. The molecule has 0 aliphatic heterocycles. The third-order valence-electron chi connectivity index (χ3n) is 4.45. The molecule has 1 heterocycles. The fourth-order valence-corrected chi connectivity index (χ4v) is 3.02. The molecule has 2 rings (SSSR count). The second-order valence-electron chi connectivity index (χ2n) is 6.53. The van der Waals surface area contributed by atoms with Crippen LogP contribution in [0.1, 0.15) is 50.4 Å². The smallest absolute Gasteiger partial charge is 0.0485 e. The van der Waals surface area contributed by atoms with E-state index in [1.165, 1.54) is 40.6 Å². The van der Waals surface area contributed by atoms with Gasteiger partial charge in [-0.15, -0.1) is 0 Å². The molecule has 1 aromatic carbocycles. The third kappa shape index (κ3) is 3.68. The molecule has 1 aromatic heterocycles. The van der Waals surface area contributed by atoms with Crippen LogP contribution in [-0.4, -0.2) is 11.1 Å². The van der Waals surface area contributed by atoms with Gasteiger partial charge in [0.25, 0.3) is 0 Å². The van der Waals surface area contributed by atoms with E-state index in [1.807, 2.05) is 0 Å². The van der Waals surface area contributed by atoms with Gasteiger partial charge in [0.2, 0.25) is 0 Å². The quantitative estimate of drug-likeness (QED) is 0.773. The number of hydrogen-bond acceptors (Lipinski definition) is 1. The Kier molecular flexibility index (Phi) is 5.46. The molecule has 0 amide bonds. The first kappa shape index (κ1) is 16.1. The van der Waals surface area contributed by atoms with Crippen LogP contribution < -0.4 is 5.32 Å². The summed E-state index contributed by atoms with van der Waals surface area (Å²) in [6.07, 6.45) is 2.57. The normalized spacial score (nSPS) is 11.7. The fraction of sp³-hybridized carbons (Fsp3) is 0.579. The van der Waals surface area contributed by atoms with Gasteiger partial charge in [0.1, 0.15) is 0 Å². The van der Waals surface area contributed by atoms with E-state index in [0.29, 0.717) is 0 Å². The largest absolute Gasteiger partial charge is 0.345 e. The highest BCUT2D eigenvalue weighted by atomic mass is 15.0. The van der Waals surface area contributed by atoms with Crippen molar-refractivity contribution in [2.24, 2.45) is 5.92 Å². The maximum atomic E-state index is 3.41. The second-order valence-corrected chi connectivity index (χ2v) is 6.53. The molecule has 0 aliphatic carbocycles. The van der Waals surface area contributed by atoms with E-state index in [0.717, 1.165) is 25.6 Å². The summed E-state index contributed by atoms with van der Waals surface area (Å²) < 4.78 is 2.50. The molecule has 116 valence electrons. The number of benzene rings is 1. The first-order valence-corrected chi connectivity index (χ1v) is 8.33. The zero-order valence-electron chi connectivity index (χ0n) is 14.3. The summed E-state index contributed by atoms with van der Waals surface area (Å²) in [6.45, 7) is 14.4. The maximum Gasteiger partial charge on any atom is 0.0485 e. The van der Waals surface area contributed by atoms with Gasteiger partial charge in [0.15, 0.2) is 0 Å². The van der Waals surface area contributed by atoms with Crippen molar-refractivity contribution < 1.29 is 0 Å². The molecule has 0 spiro atoms. The molecule has 2 heteroatoms. The molecule has 0 atom stereocenters. The lowest BCUT2D eigenvalue weighted by molar-refractivity contribution is 0.514. The van der Waals surface area contributed by atoms with Crippen molar-refractivity contribution >= 4 is 10.9 Å². The van der Waals surface area contributed by atoms with Gasteiger partial charge in [-0.25, -0.2) is 0 Å². The van der Waals surface area contributed by atoms with Crippen molar-refractivity contribution in [2.75, 3.05) is 6.54 Å². The first-order chi connectivity index (χ1) is 10.0. The van der Waals surface area contributed by atoms with Crippen molar-refractivity contribution in [3.05, 3.63) is 35.0 Å². The number of nitrogens with one attached hydrogen (secondary N) is 1. The Morgan fingerprint density at radius 2 is 1.95 bits per heavy atom. The molecule has 0 unspecified atom stereocenters. The van der Waals surface area contributed by atoms with Crippen LogP contribution in [0.3, 0.4) is 0 Å². The van der Waals surface area contributed by atoms with Crippen LogP contribution in [0.15, 0.2) is 18.2 Å². The summed E-state index contributed by atoms with van der Waals surface area (Å²) in [5.74, 6) is 0.792. The first-order valence-electron chi connectivity index (χ1n) is 8.33. The predicted molar refractivity (Wildman–Crippen MR) is 92.9 cm³/mol. The lowest BCUT2D eigenvalue weighted by Gasteiger charge is -2.10. The summed E-state index contributed by atoms with van der Waals surface area (Å²) in [5, 5.41) is 4.83. The summed E-state index contributed by atoms with van der Waals surface area (Å²) in [5.41, 5.74) is 5.64. The van der Waals surface area contributed by atoms with E-state index in [9.17, 15) is 0 Å². The van der Waals surface area contributed by atoms with Crippen molar-refractivity contribution in [2.45, 2.75) is 60.5 Å². The van der Waals surface area contributed by atoms with Crippen molar-refractivity contribution in [1.82, 2.24) is 9.88 Å². The molecule has 1 N–H and O–H groups in total. The number of nitrogens with zero attached hydrogens (tertiary/aromatic N) is 1. The topological polar surface area (TPSA) is 17.0 Å². The van der Waals surface area contributed by atoms with Crippen LogP contribution in [-0.2, 0) is 13.1 Å². The maximum absolute atomic E-state index is 3.41. The Hall–Kier alpha value is -1.28. The van der Waals surface area contributed by atoms with Gasteiger partial charge in [0, 0.05) is 29.7 Å². The van der Waals surface area contributed by atoms with Gasteiger partial charge >= 0.3 is 0 Å². The standard InChI is InChI=1S/C19H30N2/c1-6-20-13-17-9-10-19-18(12-17)15(4)16(5)21(19)11-7-8-14(2)3/h9-10,12,14,20H,6-8,11,13H2,1-5H3. The summed E-state index contributed by atoms with van der Waals surface area (Å²) >= 11 is 0. The minimum atomic E-state index is 0.792. The Balaban J connectivity index is 2.27. The van der Waals surface area contributed by atoms with Crippen LogP contribution >= 0.6 is 0 Å². The van der Waals surface area contributed by atoms with E-state index in [1.54, 1.807) is 0 Å². The average Bonchev–Trinajstić information content (AvgIpc) is 2.69. The van der Waals surface area contributed by atoms with Gasteiger partial charge in [-0.1, -0.05) is 26.8 Å².